The number of nitrogens with zero attached hydrogens (tertiary/aromatic N) is 2. The number of nitrogens with two attached hydrogens (primary N) is 1. The van der Waals surface area contributed by atoms with E-state index in [9.17, 15) is 18.0 Å². The number of amides is 1. The molecule has 0 bridgehead atoms. The van der Waals surface area contributed by atoms with Gasteiger partial charge in [-0.1, -0.05) is 6.07 Å². The minimum atomic E-state index is -4.49. The molecule has 7 heteroatoms. The van der Waals surface area contributed by atoms with Gasteiger partial charge in [0, 0.05) is 18.3 Å². The highest BCUT2D eigenvalue weighted by Gasteiger charge is 2.33. The maximum atomic E-state index is 12.9. The molecular weight excluding hydrogens is 355 g/mol. The maximum Gasteiger partial charge on any atom is 0.416 e. The molecule has 2 N–H and O–H groups in total. The molecule has 3 rings (SSSR count). The summed E-state index contributed by atoms with van der Waals surface area (Å²) in [7, 11) is 0. The standard InChI is InChI=1S/C20H24F3N3O/c1-12-10-26(25-13(12)2)11-14-3-5-15(6-4-14)17-8-7-16(20(21,22)23)9-18(17)19(24)27/h7-10,14-15H,3-6,11H2,1-2H3,(H2,24,27)/t14-,15-. The minimum absolute atomic E-state index is 0.00778. The summed E-state index contributed by atoms with van der Waals surface area (Å²) in [5.74, 6) is -0.265. The Labute approximate surface area is 156 Å². The van der Waals surface area contributed by atoms with Gasteiger partial charge in [-0.2, -0.15) is 18.3 Å². The van der Waals surface area contributed by atoms with Crippen molar-refractivity contribution in [1.82, 2.24) is 9.78 Å². The lowest BCUT2D eigenvalue weighted by atomic mass is 9.77. The Kier molecular flexibility index (Phi) is 5.31. The van der Waals surface area contributed by atoms with Crippen molar-refractivity contribution in [3.63, 3.8) is 0 Å². The average molecular weight is 379 g/mol. The first-order chi connectivity index (χ1) is 12.6. The SMILES string of the molecule is Cc1cn(C[C@H]2CC[C@H](c3ccc(C(F)(F)F)cc3C(N)=O)CC2)nc1C. The number of aryl methyl sites for hydroxylation is 2. The van der Waals surface area contributed by atoms with Gasteiger partial charge in [0.15, 0.2) is 0 Å². The van der Waals surface area contributed by atoms with E-state index in [-0.39, 0.29) is 11.5 Å². The number of rotatable bonds is 4. The molecule has 0 spiro atoms. The van der Waals surface area contributed by atoms with E-state index in [0.29, 0.717) is 11.5 Å². The zero-order valence-corrected chi connectivity index (χ0v) is 15.5. The second-order valence-electron chi connectivity index (χ2n) is 7.50. The van der Waals surface area contributed by atoms with Crippen molar-refractivity contribution in [3.05, 3.63) is 52.3 Å². The fraction of sp³-hybridized carbons (Fsp3) is 0.500. The Hall–Kier alpha value is -2.31. The molecule has 1 aromatic heterocycles. The van der Waals surface area contributed by atoms with Crippen LogP contribution < -0.4 is 5.73 Å². The fourth-order valence-electron chi connectivity index (χ4n) is 3.93. The van der Waals surface area contributed by atoms with Crippen molar-refractivity contribution in [1.29, 1.82) is 0 Å². The molecule has 0 unspecified atom stereocenters. The molecule has 4 nitrogen and oxygen atoms in total. The molecule has 1 aliphatic carbocycles. The molecule has 146 valence electrons. The number of alkyl halides is 3. The number of carbonyl (C=O) groups is 1. The van der Waals surface area contributed by atoms with Crippen LogP contribution in [0.1, 0.15) is 64.3 Å². The molecule has 0 radical (unpaired) electrons. The summed E-state index contributed by atoms with van der Waals surface area (Å²) in [5.41, 5.74) is 7.35. The molecule has 1 aliphatic rings. The summed E-state index contributed by atoms with van der Waals surface area (Å²) in [6.07, 6.45) is 1.11. The van der Waals surface area contributed by atoms with E-state index >= 15 is 0 Å². The lowest BCUT2D eigenvalue weighted by molar-refractivity contribution is -0.137. The van der Waals surface area contributed by atoms with Crippen LogP contribution in [0.25, 0.3) is 0 Å². The third-order valence-corrected chi connectivity index (χ3v) is 5.57. The van der Waals surface area contributed by atoms with Gasteiger partial charge in [0.1, 0.15) is 0 Å². The van der Waals surface area contributed by atoms with E-state index in [0.717, 1.165) is 50.1 Å². The Bertz CT molecular complexity index is 814. The first kappa shape index (κ1) is 19.5. The normalized spacial score (nSPS) is 20.6. The highest BCUT2D eigenvalue weighted by Crippen LogP contribution is 2.39. The predicted molar refractivity (Wildman–Crippen MR) is 96.4 cm³/mol. The van der Waals surface area contributed by atoms with Gasteiger partial charge >= 0.3 is 6.18 Å². The average Bonchev–Trinajstić information content (AvgIpc) is 2.91. The summed E-state index contributed by atoms with van der Waals surface area (Å²) in [6.45, 7) is 4.86. The van der Waals surface area contributed by atoms with E-state index in [1.54, 1.807) is 0 Å². The second-order valence-corrected chi connectivity index (χ2v) is 7.50. The van der Waals surface area contributed by atoms with Crippen LogP contribution in [0.4, 0.5) is 13.2 Å². The first-order valence-electron chi connectivity index (χ1n) is 9.16. The van der Waals surface area contributed by atoms with Crippen LogP contribution >= 0.6 is 0 Å². The largest absolute Gasteiger partial charge is 0.416 e. The quantitative estimate of drug-likeness (QED) is 0.844. The summed E-state index contributed by atoms with van der Waals surface area (Å²) < 4.78 is 40.8. The highest BCUT2D eigenvalue weighted by molar-refractivity contribution is 5.94. The summed E-state index contributed by atoms with van der Waals surface area (Å²) in [6, 6.07) is 3.36. The fourth-order valence-corrected chi connectivity index (χ4v) is 3.93. The van der Waals surface area contributed by atoms with Crippen molar-refractivity contribution in [2.45, 2.75) is 58.2 Å². The zero-order valence-electron chi connectivity index (χ0n) is 15.5. The number of benzene rings is 1. The van der Waals surface area contributed by atoms with Gasteiger partial charge in [0.25, 0.3) is 0 Å². The molecule has 1 fully saturated rings. The van der Waals surface area contributed by atoms with Crippen LogP contribution in [0.5, 0.6) is 0 Å². The Morgan fingerprint density at radius 3 is 2.41 bits per heavy atom. The number of aromatic nitrogens is 2. The summed E-state index contributed by atoms with van der Waals surface area (Å²) in [4.78, 5) is 11.7. The van der Waals surface area contributed by atoms with Crippen LogP contribution in [0.15, 0.2) is 24.4 Å². The predicted octanol–water partition coefficient (Wildman–Crippen LogP) is 4.59. The molecule has 1 saturated carbocycles. The van der Waals surface area contributed by atoms with Crippen LogP contribution in [-0.2, 0) is 12.7 Å². The van der Waals surface area contributed by atoms with Crippen molar-refractivity contribution in [2.24, 2.45) is 11.7 Å². The van der Waals surface area contributed by atoms with Crippen molar-refractivity contribution in [3.8, 4) is 0 Å². The second kappa shape index (κ2) is 7.37. The zero-order chi connectivity index (χ0) is 19.8. The molecule has 2 aromatic rings. The number of halogens is 3. The van der Waals surface area contributed by atoms with Crippen LogP contribution in [-0.4, -0.2) is 15.7 Å². The van der Waals surface area contributed by atoms with Crippen molar-refractivity contribution >= 4 is 5.91 Å². The Morgan fingerprint density at radius 1 is 1.22 bits per heavy atom. The van der Waals surface area contributed by atoms with Gasteiger partial charge in [-0.05, 0) is 74.6 Å². The first-order valence-corrected chi connectivity index (χ1v) is 9.16. The van der Waals surface area contributed by atoms with Gasteiger partial charge in [-0.15, -0.1) is 0 Å². The topological polar surface area (TPSA) is 60.9 Å². The number of hydrogen-bond acceptors (Lipinski definition) is 2. The summed E-state index contributed by atoms with van der Waals surface area (Å²) >= 11 is 0. The minimum Gasteiger partial charge on any atom is -0.366 e. The molecule has 1 aromatic carbocycles. The van der Waals surface area contributed by atoms with E-state index in [4.69, 9.17) is 5.73 Å². The summed E-state index contributed by atoms with van der Waals surface area (Å²) in [5, 5.41) is 4.50. The van der Waals surface area contributed by atoms with Gasteiger partial charge in [-0.25, -0.2) is 0 Å². The molecule has 27 heavy (non-hydrogen) atoms. The Balaban J connectivity index is 1.71. The third-order valence-electron chi connectivity index (χ3n) is 5.57. The monoisotopic (exact) mass is 379 g/mol. The van der Waals surface area contributed by atoms with Crippen LogP contribution in [0.3, 0.4) is 0 Å². The van der Waals surface area contributed by atoms with Gasteiger partial charge in [0.2, 0.25) is 5.91 Å². The number of primary amides is 1. The third kappa shape index (κ3) is 4.34. The lowest BCUT2D eigenvalue weighted by Crippen LogP contribution is -2.22. The van der Waals surface area contributed by atoms with Crippen molar-refractivity contribution < 1.29 is 18.0 Å². The van der Waals surface area contributed by atoms with E-state index in [2.05, 4.69) is 5.10 Å². The van der Waals surface area contributed by atoms with Gasteiger partial charge in [-0.3, -0.25) is 9.48 Å². The molecule has 1 heterocycles. The van der Waals surface area contributed by atoms with E-state index < -0.39 is 17.6 Å². The highest BCUT2D eigenvalue weighted by atomic mass is 19.4. The Morgan fingerprint density at radius 2 is 1.89 bits per heavy atom. The van der Waals surface area contributed by atoms with Crippen LogP contribution in [0, 0.1) is 19.8 Å². The van der Waals surface area contributed by atoms with Crippen LogP contribution in [0.2, 0.25) is 0 Å². The van der Waals surface area contributed by atoms with E-state index in [1.807, 2.05) is 24.7 Å². The molecule has 0 atom stereocenters. The number of hydrogen-bond donors (Lipinski definition) is 1. The molecule has 1 amide bonds. The lowest BCUT2D eigenvalue weighted by Gasteiger charge is -2.30. The number of carbonyl (C=O) groups excluding carboxylic acids is 1. The molecule has 0 saturated heterocycles. The smallest absolute Gasteiger partial charge is 0.366 e. The van der Waals surface area contributed by atoms with Crippen molar-refractivity contribution in [2.75, 3.05) is 0 Å². The van der Waals surface area contributed by atoms with Gasteiger partial charge < -0.3 is 5.73 Å². The molecular formula is C20H24F3N3O. The van der Waals surface area contributed by atoms with E-state index in [1.165, 1.54) is 11.6 Å². The molecule has 0 aliphatic heterocycles. The maximum absolute atomic E-state index is 12.9. The van der Waals surface area contributed by atoms with Gasteiger partial charge in [0.05, 0.1) is 11.3 Å².